The van der Waals surface area contributed by atoms with Gasteiger partial charge in [-0.05, 0) is 38.9 Å². The predicted octanol–water partition coefficient (Wildman–Crippen LogP) is 1.74. The van der Waals surface area contributed by atoms with Crippen LogP contribution in [0.15, 0.2) is 0 Å². The van der Waals surface area contributed by atoms with Crippen LogP contribution < -0.4 is 0 Å². The molecule has 0 saturated carbocycles. The molecule has 2 aliphatic heterocycles. The number of thioether (sulfide) groups is 1. The van der Waals surface area contributed by atoms with Gasteiger partial charge in [0.05, 0.1) is 0 Å². The van der Waals surface area contributed by atoms with E-state index in [9.17, 15) is 9.59 Å². The van der Waals surface area contributed by atoms with Gasteiger partial charge in [0.25, 0.3) is 0 Å². The minimum Gasteiger partial charge on any atom is -0.329 e. The third kappa shape index (κ3) is 2.62. The highest BCUT2D eigenvalue weighted by Crippen LogP contribution is 2.28. The van der Waals surface area contributed by atoms with Gasteiger partial charge in [0, 0.05) is 18.3 Å². The fourth-order valence-electron chi connectivity index (χ4n) is 3.26. The molecular formula is C14H24N2O2S. The van der Waals surface area contributed by atoms with E-state index in [0.29, 0.717) is 0 Å². The van der Waals surface area contributed by atoms with Gasteiger partial charge in [-0.2, -0.15) is 11.8 Å². The van der Waals surface area contributed by atoms with Gasteiger partial charge in [0.2, 0.25) is 11.8 Å². The Morgan fingerprint density at radius 2 is 2.05 bits per heavy atom. The van der Waals surface area contributed by atoms with Gasteiger partial charge in [-0.1, -0.05) is 6.92 Å². The Morgan fingerprint density at radius 3 is 2.68 bits per heavy atom. The van der Waals surface area contributed by atoms with Crippen molar-refractivity contribution in [2.24, 2.45) is 0 Å². The van der Waals surface area contributed by atoms with Gasteiger partial charge >= 0.3 is 0 Å². The van der Waals surface area contributed by atoms with Crippen molar-refractivity contribution < 1.29 is 9.59 Å². The Balaban J connectivity index is 2.23. The molecule has 0 aliphatic carbocycles. The second-order valence-corrected chi connectivity index (χ2v) is 6.39. The molecule has 0 aromatic heterocycles. The van der Waals surface area contributed by atoms with Gasteiger partial charge in [-0.25, -0.2) is 0 Å². The van der Waals surface area contributed by atoms with Crippen LogP contribution in [0.2, 0.25) is 0 Å². The Labute approximate surface area is 119 Å². The molecule has 0 N–H and O–H groups in total. The minimum absolute atomic E-state index is 0.142. The SMILES string of the molecule is CCC(CSC)N1C(=O)C2CCCCN2C(=O)C1C. The summed E-state index contributed by atoms with van der Waals surface area (Å²) >= 11 is 1.74. The van der Waals surface area contributed by atoms with Crippen LogP contribution in [-0.2, 0) is 9.59 Å². The van der Waals surface area contributed by atoms with Crippen LogP contribution in [0.5, 0.6) is 0 Å². The van der Waals surface area contributed by atoms with Gasteiger partial charge in [-0.3, -0.25) is 9.59 Å². The molecule has 2 amide bonds. The van der Waals surface area contributed by atoms with E-state index in [1.807, 2.05) is 16.7 Å². The monoisotopic (exact) mass is 284 g/mol. The second kappa shape index (κ2) is 6.16. The lowest BCUT2D eigenvalue weighted by molar-refractivity contribution is -0.165. The highest BCUT2D eigenvalue weighted by molar-refractivity contribution is 7.98. The highest BCUT2D eigenvalue weighted by Gasteiger charge is 2.46. The zero-order chi connectivity index (χ0) is 14.0. The molecule has 0 aromatic rings. The zero-order valence-corrected chi connectivity index (χ0v) is 12.9. The predicted molar refractivity (Wildman–Crippen MR) is 78.1 cm³/mol. The van der Waals surface area contributed by atoms with Crippen LogP contribution in [-0.4, -0.2) is 58.3 Å². The third-order valence-corrected chi connectivity index (χ3v) is 5.04. The molecule has 0 radical (unpaired) electrons. The number of piperidine rings is 1. The molecular weight excluding hydrogens is 260 g/mol. The molecule has 3 unspecified atom stereocenters. The Bertz CT molecular complexity index is 361. The first-order chi connectivity index (χ1) is 9.11. The Hall–Kier alpha value is -0.710. The molecule has 5 heteroatoms. The van der Waals surface area contributed by atoms with E-state index in [4.69, 9.17) is 0 Å². The number of rotatable bonds is 4. The molecule has 0 aromatic carbocycles. The van der Waals surface area contributed by atoms with E-state index in [1.165, 1.54) is 0 Å². The summed E-state index contributed by atoms with van der Waals surface area (Å²) in [6, 6.07) is -0.294. The van der Waals surface area contributed by atoms with Crippen molar-refractivity contribution in [3.8, 4) is 0 Å². The van der Waals surface area contributed by atoms with E-state index in [0.717, 1.165) is 38.0 Å². The third-order valence-electron chi connectivity index (χ3n) is 4.32. The molecule has 0 spiro atoms. The summed E-state index contributed by atoms with van der Waals surface area (Å²) in [6.07, 6.45) is 5.89. The Morgan fingerprint density at radius 1 is 1.32 bits per heavy atom. The van der Waals surface area contributed by atoms with E-state index in [-0.39, 0.29) is 29.9 Å². The maximum atomic E-state index is 12.7. The van der Waals surface area contributed by atoms with Crippen molar-refractivity contribution in [2.45, 2.75) is 57.7 Å². The number of carbonyl (C=O) groups excluding carboxylic acids is 2. The van der Waals surface area contributed by atoms with Crippen molar-refractivity contribution >= 4 is 23.6 Å². The fraction of sp³-hybridized carbons (Fsp3) is 0.857. The van der Waals surface area contributed by atoms with Crippen LogP contribution in [0.1, 0.15) is 39.5 Å². The Kier molecular flexibility index (Phi) is 4.76. The van der Waals surface area contributed by atoms with Gasteiger partial charge < -0.3 is 9.80 Å². The first-order valence-electron chi connectivity index (χ1n) is 7.23. The smallest absolute Gasteiger partial charge is 0.246 e. The number of nitrogens with zero attached hydrogens (tertiary/aromatic N) is 2. The zero-order valence-electron chi connectivity index (χ0n) is 12.1. The lowest BCUT2D eigenvalue weighted by atomic mass is 9.94. The van der Waals surface area contributed by atoms with Crippen molar-refractivity contribution in [3.63, 3.8) is 0 Å². The molecule has 0 bridgehead atoms. The molecule has 3 atom stereocenters. The minimum atomic E-state index is -0.293. The van der Waals surface area contributed by atoms with Crippen molar-refractivity contribution in [1.82, 2.24) is 9.80 Å². The molecule has 108 valence electrons. The number of hydrogen-bond acceptors (Lipinski definition) is 3. The second-order valence-electron chi connectivity index (χ2n) is 5.48. The standard InChI is InChI=1S/C14H24N2O2S/c1-4-11(9-19-3)16-10(2)13(17)15-8-6-5-7-12(15)14(16)18/h10-12H,4-9H2,1-3H3. The van der Waals surface area contributed by atoms with Crippen molar-refractivity contribution in [1.29, 1.82) is 0 Å². The van der Waals surface area contributed by atoms with Crippen LogP contribution in [0.3, 0.4) is 0 Å². The number of carbonyl (C=O) groups is 2. The molecule has 19 heavy (non-hydrogen) atoms. The number of hydrogen-bond donors (Lipinski definition) is 0. The van der Waals surface area contributed by atoms with E-state index in [2.05, 4.69) is 13.2 Å². The summed E-state index contributed by atoms with van der Waals surface area (Å²) in [4.78, 5) is 28.9. The van der Waals surface area contributed by atoms with Crippen LogP contribution in [0, 0.1) is 0 Å². The first-order valence-corrected chi connectivity index (χ1v) is 8.62. The van der Waals surface area contributed by atoms with E-state index in [1.54, 1.807) is 11.8 Å². The molecule has 2 heterocycles. The summed E-state index contributed by atoms with van der Waals surface area (Å²) in [7, 11) is 0. The molecule has 2 aliphatic rings. The van der Waals surface area contributed by atoms with Crippen molar-refractivity contribution in [3.05, 3.63) is 0 Å². The number of amides is 2. The van der Waals surface area contributed by atoms with Gasteiger partial charge in [0.1, 0.15) is 12.1 Å². The summed E-state index contributed by atoms with van der Waals surface area (Å²) in [5, 5.41) is 0. The summed E-state index contributed by atoms with van der Waals surface area (Å²) in [5.74, 6) is 1.23. The molecule has 2 saturated heterocycles. The molecule has 2 fully saturated rings. The van der Waals surface area contributed by atoms with Crippen LogP contribution in [0.4, 0.5) is 0 Å². The quantitative estimate of drug-likeness (QED) is 0.789. The van der Waals surface area contributed by atoms with Crippen LogP contribution >= 0.6 is 11.8 Å². The number of fused-ring (bicyclic) bond motifs is 1. The maximum Gasteiger partial charge on any atom is 0.246 e. The average molecular weight is 284 g/mol. The van der Waals surface area contributed by atoms with Gasteiger partial charge in [0.15, 0.2) is 0 Å². The summed E-state index contributed by atoms with van der Waals surface area (Å²) < 4.78 is 0. The van der Waals surface area contributed by atoms with Crippen LogP contribution in [0.25, 0.3) is 0 Å². The first kappa shape index (κ1) is 14.7. The maximum absolute atomic E-state index is 12.7. The highest BCUT2D eigenvalue weighted by atomic mass is 32.2. The summed E-state index contributed by atoms with van der Waals surface area (Å²) in [6.45, 7) is 4.74. The summed E-state index contributed by atoms with van der Waals surface area (Å²) in [5.41, 5.74) is 0. The lowest BCUT2D eigenvalue weighted by Gasteiger charge is -2.48. The lowest BCUT2D eigenvalue weighted by Crippen LogP contribution is -2.67. The normalized spacial score (nSPS) is 29.4. The average Bonchev–Trinajstić information content (AvgIpc) is 2.44. The molecule has 2 rings (SSSR count). The van der Waals surface area contributed by atoms with Gasteiger partial charge in [-0.15, -0.1) is 0 Å². The van der Waals surface area contributed by atoms with Crippen molar-refractivity contribution in [2.75, 3.05) is 18.6 Å². The number of piperazine rings is 1. The topological polar surface area (TPSA) is 40.6 Å². The van der Waals surface area contributed by atoms with E-state index < -0.39 is 0 Å². The van der Waals surface area contributed by atoms with E-state index >= 15 is 0 Å². The molecule has 4 nitrogen and oxygen atoms in total. The largest absolute Gasteiger partial charge is 0.329 e. The fourth-order valence-corrected chi connectivity index (χ4v) is 4.04.